The number of aromatic nitrogens is 2. The fraction of sp³-hybridized carbons (Fsp3) is 0.296. The van der Waals surface area contributed by atoms with Gasteiger partial charge in [0.05, 0.1) is 12.0 Å². The van der Waals surface area contributed by atoms with Crippen LogP contribution in [0.5, 0.6) is 5.75 Å². The van der Waals surface area contributed by atoms with Crippen molar-refractivity contribution in [1.82, 2.24) is 9.97 Å². The Morgan fingerprint density at radius 2 is 1.76 bits per heavy atom. The van der Waals surface area contributed by atoms with E-state index in [2.05, 4.69) is 14.9 Å². The number of hydrogen-bond donors (Lipinski definition) is 1. The van der Waals surface area contributed by atoms with E-state index < -0.39 is 5.97 Å². The molecule has 176 valence electrons. The lowest BCUT2D eigenvalue weighted by atomic mass is 9.99. The van der Waals surface area contributed by atoms with Crippen molar-refractivity contribution in [3.8, 4) is 28.2 Å². The lowest BCUT2D eigenvalue weighted by Crippen LogP contribution is -2.20. The first-order valence-electron chi connectivity index (χ1n) is 11.6. The maximum Gasteiger partial charge on any atom is 0.303 e. The quantitative estimate of drug-likeness (QED) is 0.274. The Balaban J connectivity index is 1.75. The molecule has 0 atom stereocenters. The summed E-state index contributed by atoms with van der Waals surface area (Å²) in [6.45, 7) is 3.32. The summed E-state index contributed by atoms with van der Waals surface area (Å²) < 4.78 is 11.9. The molecule has 4 rings (SSSR count). The highest BCUT2D eigenvalue weighted by atomic mass is 16.5. The first-order valence-corrected chi connectivity index (χ1v) is 11.6. The van der Waals surface area contributed by atoms with Gasteiger partial charge in [0, 0.05) is 31.1 Å². The average molecular weight is 460 g/mol. The highest BCUT2D eigenvalue weighted by Gasteiger charge is 2.23. The van der Waals surface area contributed by atoms with Crippen LogP contribution in [0.25, 0.3) is 33.6 Å². The Morgan fingerprint density at radius 1 is 1.00 bits per heavy atom. The van der Waals surface area contributed by atoms with Crippen molar-refractivity contribution in [1.29, 1.82) is 0 Å². The molecule has 0 unspecified atom stereocenters. The van der Waals surface area contributed by atoms with Gasteiger partial charge < -0.3 is 19.2 Å². The molecule has 0 saturated heterocycles. The Morgan fingerprint density at radius 3 is 2.47 bits per heavy atom. The molecular formula is C27H29N3O4. The molecular weight excluding hydrogens is 430 g/mol. The number of carbonyl (C=O) groups is 1. The predicted molar refractivity (Wildman–Crippen MR) is 133 cm³/mol. The lowest BCUT2D eigenvalue weighted by molar-refractivity contribution is -0.137. The summed E-state index contributed by atoms with van der Waals surface area (Å²) in [5.41, 5.74) is 3.43. The number of nitrogens with zero attached hydrogens (tertiary/aromatic N) is 3. The molecule has 7 heteroatoms. The van der Waals surface area contributed by atoms with Crippen LogP contribution in [0.2, 0.25) is 0 Å². The van der Waals surface area contributed by atoms with Gasteiger partial charge in [0.25, 0.3) is 0 Å². The van der Waals surface area contributed by atoms with E-state index in [0.29, 0.717) is 18.7 Å². The van der Waals surface area contributed by atoms with Crippen LogP contribution in [0.1, 0.15) is 32.6 Å². The van der Waals surface area contributed by atoms with Crippen molar-refractivity contribution in [3.05, 3.63) is 60.9 Å². The Labute approximate surface area is 199 Å². The molecule has 0 aliphatic heterocycles. The third kappa shape index (κ3) is 5.20. The number of ether oxygens (including phenoxy) is 1. The number of furan rings is 1. The Hall–Kier alpha value is -3.87. The van der Waals surface area contributed by atoms with Crippen LogP contribution >= 0.6 is 0 Å². The van der Waals surface area contributed by atoms with Gasteiger partial charge in [-0.05, 0) is 37.5 Å². The van der Waals surface area contributed by atoms with Gasteiger partial charge in [0.1, 0.15) is 23.7 Å². The van der Waals surface area contributed by atoms with Crippen molar-refractivity contribution < 1.29 is 19.1 Å². The molecule has 2 aromatic heterocycles. The van der Waals surface area contributed by atoms with Crippen LogP contribution in [0, 0.1) is 0 Å². The number of rotatable bonds is 11. The summed E-state index contributed by atoms with van der Waals surface area (Å²) in [7, 11) is 2.00. The minimum absolute atomic E-state index is 0.200. The molecule has 7 nitrogen and oxygen atoms in total. The molecule has 2 aromatic carbocycles. The molecule has 2 heterocycles. The highest BCUT2D eigenvalue weighted by molar-refractivity contribution is 6.06. The minimum Gasteiger partial charge on any atom is -0.494 e. The van der Waals surface area contributed by atoms with Crippen LogP contribution in [0.3, 0.4) is 0 Å². The summed E-state index contributed by atoms with van der Waals surface area (Å²) in [4.78, 5) is 21.9. The van der Waals surface area contributed by atoms with Crippen LogP contribution in [0.15, 0.2) is 65.3 Å². The zero-order chi connectivity index (χ0) is 23.9. The average Bonchev–Trinajstić information content (AvgIpc) is 3.24. The van der Waals surface area contributed by atoms with E-state index in [1.807, 2.05) is 68.6 Å². The summed E-state index contributed by atoms with van der Waals surface area (Å²) in [6.07, 6.45) is 4.11. The van der Waals surface area contributed by atoms with Gasteiger partial charge in [-0.2, -0.15) is 0 Å². The van der Waals surface area contributed by atoms with Crippen molar-refractivity contribution in [2.24, 2.45) is 0 Å². The summed E-state index contributed by atoms with van der Waals surface area (Å²) in [5.74, 6) is 1.60. The fourth-order valence-electron chi connectivity index (χ4n) is 4.07. The summed E-state index contributed by atoms with van der Waals surface area (Å²) >= 11 is 0. The second-order valence-electron chi connectivity index (χ2n) is 8.13. The Bertz CT molecular complexity index is 1240. The lowest BCUT2D eigenvalue weighted by Gasteiger charge is -2.19. The van der Waals surface area contributed by atoms with Gasteiger partial charge in [0.2, 0.25) is 5.71 Å². The number of hydrogen-bond acceptors (Lipinski definition) is 6. The molecule has 0 aliphatic rings. The third-order valence-electron chi connectivity index (χ3n) is 5.70. The van der Waals surface area contributed by atoms with Crippen LogP contribution in [0.4, 0.5) is 5.82 Å². The first-order chi connectivity index (χ1) is 16.6. The van der Waals surface area contributed by atoms with Crippen LogP contribution in [-0.4, -0.2) is 41.2 Å². The molecule has 0 saturated carbocycles. The van der Waals surface area contributed by atoms with Gasteiger partial charge >= 0.3 is 5.97 Å². The largest absolute Gasteiger partial charge is 0.494 e. The number of aliphatic carboxylic acids is 1. The normalized spacial score (nSPS) is 11.0. The van der Waals surface area contributed by atoms with Crippen molar-refractivity contribution >= 4 is 22.9 Å². The van der Waals surface area contributed by atoms with E-state index in [0.717, 1.165) is 58.8 Å². The fourth-order valence-corrected chi connectivity index (χ4v) is 4.07. The van der Waals surface area contributed by atoms with E-state index in [1.54, 1.807) is 0 Å². The van der Waals surface area contributed by atoms with Gasteiger partial charge in [0.15, 0.2) is 0 Å². The van der Waals surface area contributed by atoms with Gasteiger partial charge in [-0.15, -0.1) is 0 Å². The van der Waals surface area contributed by atoms with E-state index in [-0.39, 0.29) is 6.42 Å². The second-order valence-corrected chi connectivity index (χ2v) is 8.13. The molecule has 0 radical (unpaired) electrons. The molecule has 0 bridgehead atoms. The summed E-state index contributed by atoms with van der Waals surface area (Å²) in [6, 6.07) is 18.0. The second kappa shape index (κ2) is 10.8. The zero-order valence-electron chi connectivity index (χ0n) is 19.5. The number of carboxylic acid groups (broad SMARTS) is 1. The van der Waals surface area contributed by atoms with E-state index in [4.69, 9.17) is 14.3 Å². The number of fused-ring (bicyclic) bond motifs is 1. The van der Waals surface area contributed by atoms with Gasteiger partial charge in [-0.25, -0.2) is 9.97 Å². The molecule has 4 aromatic rings. The van der Waals surface area contributed by atoms with Crippen molar-refractivity contribution in [3.63, 3.8) is 0 Å². The monoisotopic (exact) mass is 459 g/mol. The van der Waals surface area contributed by atoms with Gasteiger partial charge in [-0.1, -0.05) is 48.9 Å². The van der Waals surface area contributed by atoms with Crippen LogP contribution < -0.4 is 9.64 Å². The maximum atomic E-state index is 10.8. The van der Waals surface area contributed by atoms with Gasteiger partial charge in [-0.3, -0.25) is 4.79 Å². The predicted octanol–water partition coefficient (Wildman–Crippen LogP) is 6.04. The molecule has 1 N–H and O–H groups in total. The minimum atomic E-state index is -0.752. The number of benzene rings is 2. The van der Waals surface area contributed by atoms with Crippen molar-refractivity contribution in [2.45, 2.75) is 32.6 Å². The molecule has 34 heavy (non-hydrogen) atoms. The molecule has 0 aliphatic carbocycles. The Kier molecular flexibility index (Phi) is 7.42. The molecule has 0 amide bonds. The number of unbranched alkanes of at least 4 members (excludes halogenated alkanes) is 2. The SMILES string of the molecule is CCOc1ccc(-c2c(-c3ccccc3)oc3ncnc(N(C)CCCCCC(=O)O)c23)cc1. The van der Waals surface area contributed by atoms with Crippen molar-refractivity contribution in [2.75, 3.05) is 25.1 Å². The van der Waals surface area contributed by atoms with E-state index >= 15 is 0 Å². The highest BCUT2D eigenvalue weighted by Crippen LogP contribution is 2.43. The summed E-state index contributed by atoms with van der Waals surface area (Å²) in [5, 5.41) is 9.71. The first kappa shape index (κ1) is 23.3. The standard InChI is InChI=1S/C27H29N3O4/c1-3-33-21-15-13-19(14-16-21)23-24-26(30(2)17-9-5-8-12-22(31)32)28-18-29-27(24)34-25(23)20-10-6-4-7-11-20/h4,6-7,10-11,13-16,18H,3,5,8-9,12,17H2,1-2H3,(H,31,32). The zero-order valence-corrected chi connectivity index (χ0v) is 19.5. The third-order valence-corrected chi connectivity index (χ3v) is 5.70. The molecule has 0 spiro atoms. The topological polar surface area (TPSA) is 88.7 Å². The van der Waals surface area contributed by atoms with E-state index in [1.165, 1.54) is 6.33 Å². The number of carboxylic acids is 1. The van der Waals surface area contributed by atoms with Crippen LogP contribution in [-0.2, 0) is 4.79 Å². The smallest absolute Gasteiger partial charge is 0.303 e. The maximum absolute atomic E-state index is 10.8. The number of anilines is 1. The molecule has 0 fully saturated rings. The van der Waals surface area contributed by atoms with E-state index in [9.17, 15) is 4.79 Å².